The van der Waals surface area contributed by atoms with Crippen LogP contribution in [0.25, 0.3) is 0 Å². The van der Waals surface area contributed by atoms with E-state index in [1.54, 1.807) is 18.3 Å². The maximum Gasteiger partial charge on any atom is 0.344 e. The number of aromatic nitrogens is 2. The van der Waals surface area contributed by atoms with E-state index in [0.717, 1.165) is 6.42 Å². The summed E-state index contributed by atoms with van der Waals surface area (Å²) >= 11 is 0. The van der Waals surface area contributed by atoms with E-state index >= 15 is 0 Å². The zero-order valence-corrected chi connectivity index (χ0v) is 13.0. The highest BCUT2D eigenvalue weighted by Crippen LogP contribution is 2.05. The molecule has 2 rings (SSSR count). The number of nitrogens with zero attached hydrogens (tertiary/aromatic N) is 2. The van der Waals surface area contributed by atoms with Gasteiger partial charge in [-0.3, -0.25) is 4.98 Å². The summed E-state index contributed by atoms with van der Waals surface area (Å²) in [7, 11) is 0. The summed E-state index contributed by atoms with van der Waals surface area (Å²) in [6.07, 6.45) is 8.04. The van der Waals surface area contributed by atoms with Crippen molar-refractivity contribution in [1.82, 2.24) is 4.98 Å². The van der Waals surface area contributed by atoms with Crippen LogP contribution >= 0.6 is 0 Å². The van der Waals surface area contributed by atoms with Gasteiger partial charge in [0.25, 0.3) is 6.73 Å². The molecule has 0 radical (unpaired) electrons. The topological polar surface area (TPSA) is 43.1 Å². The van der Waals surface area contributed by atoms with Crippen LogP contribution in [0.3, 0.4) is 0 Å². The van der Waals surface area contributed by atoms with Gasteiger partial charge >= 0.3 is 5.97 Å². The third-order valence-electron chi connectivity index (χ3n) is 2.81. The van der Waals surface area contributed by atoms with Crippen LogP contribution in [0.1, 0.15) is 29.8 Å². The molecule has 0 spiro atoms. The average Bonchev–Trinajstić information content (AvgIpc) is 2.45. The molecule has 2 aromatic heterocycles. The Balaban J connectivity index is 0.00000220. The number of pyridine rings is 2. The molecule has 0 aromatic carbocycles. The van der Waals surface area contributed by atoms with Crippen molar-refractivity contribution in [3.05, 3.63) is 60.2 Å². The molecule has 2 heterocycles. The molecule has 0 N–H and O–H groups in total. The molecule has 0 unspecified atom stereocenters. The second-order valence-corrected chi connectivity index (χ2v) is 5.13. The molecule has 2 aromatic rings. The van der Waals surface area contributed by atoms with E-state index < -0.39 is 0 Å². The van der Waals surface area contributed by atoms with Crippen molar-refractivity contribution in [2.75, 3.05) is 0 Å². The summed E-state index contributed by atoms with van der Waals surface area (Å²) in [5.41, 5.74) is 1.70. The van der Waals surface area contributed by atoms with Gasteiger partial charge in [-0.2, -0.15) is 4.57 Å². The maximum absolute atomic E-state index is 11.8. The molecule has 4 nitrogen and oxygen atoms in total. The van der Waals surface area contributed by atoms with E-state index in [4.69, 9.17) is 4.74 Å². The van der Waals surface area contributed by atoms with Gasteiger partial charge in [0.1, 0.15) is 0 Å². The number of carbonyl (C=O) groups is 1. The second kappa shape index (κ2) is 8.37. The minimum atomic E-state index is -0.361. The van der Waals surface area contributed by atoms with Crippen molar-refractivity contribution in [3.8, 4) is 0 Å². The van der Waals surface area contributed by atoms with Crippen LogP contribution < -0.4 is 17.0 Å². The third kappa shape index (κ3) is 5.52. The van der Waals surface area contributed by atoms with Crippen LogP contribution in [0, 0.1) is 5.92 Å². The molecular weight excluding hydrogens is 288 g/mol. The van der Waals surface area contributed by atoms with Crippen molar-refractivity contribution in [2.45, 2.75) is 27.0 Å². The first-order valence-electron chi connectivity index (χ1n) is 6.70. The zero-order valence-electron chi connectivity index (χ0n) is 12.2. The maximum atomic E-state index is 11.8. The highest BCUT2D eigenvalue weighted by Gasteiger charge is 2.10. The van der Waals surface area contributed by atoms with Gasteiger partial charge < -0.3 is 17.1 Å². The molecule has 0 amide bonds. The van der Waals surface area contributed by atoms with E-state index in [-0.39, 0.29) is 25.1 Å². The van der Waals surface area contributed by atoms with Crippen molar-refractivity contribution in [2.24, 2.45) is 5.92 Å². The monoisotopic (exact) mass is 306 g/mol. The lowest BCUT2D eigenvalue weighted by Gasteiger charge is -2.04. The number of hydrogen-bond donors (Lipinski definition) is 0. The van der Waals surface area contributed by atoms with Crippen molar-refractivity contribution in [3.63, 3.8) is 0 Å². The van der Waals surface area contributed by atoms with Crippen molar-refractivity contribution in [1.29, 1.82) is 0 Å². The van der Waals surface area contributed by atoms with Crippen molar-refractivity contribution >= 4 is 5.97 Å². The fourth-order valence-corrected chi connectivity index (χ4v) is 1.95. The Bertz CT molecular complexity index is 573. The summed E-state index contributed by atoms with van der Waals surface area (Å²) in [4.78, 5) is 15.7. The number of ether oxygens (including phenoxy) is 1. The van der Waals surface area contributed by atoms with Crippen LogP contribution in [0.5, 0.6) is 0 Å². The lowest BCUT2D eigenvalue weighted by molar-refractivity contribution is -0.727. The van der Waals surface area contributed by atoms with E-state index in [1.165, 1.54) is 11.8 Å². The number of hydrogen-bond acceptors (Lipinski definition) is 3. The van der Waals surface area contributed by atoms with Crippen LogP contribution in [0.15, 0.2) is 49.1 Å². The predicted octanol–water partition coefficient (Wildman–Crippen LogP) is -0.614. The second-order valence-electron chi connectivity index (χ2n) is 5.13. The summed E-state index contributed by atoms with van der Waals surface area (Å²) in [6, 6.07) is 7.46. The molecule has 0 saturated heterocycles. The molecule has 0 aliphatic rings. The van der Waals surface area contributed by atoms with E-state index in [2.05, 4.69) is 24.9 Å². The van der Waals surface area contributed by atoms with Crippen LogP contribution in [-0.2, 0) is 17.9 Å². The predicted molar refractivity (Wildman–Crippen MR) is 74.8 cm³/mol. The van der Waals surface area contributed by atoms with E-state index in [1.807, 2.05) is 23.0 Å². The number of carbonyl (C=O) groups excluding carboxylic acids is 1. The Morgan fingerprint density at radius 3 is 2.81 bits per heavy atom. The standard InChI is InChI=1S/C16H19N2O2.ClH/c1-13(2)9-14-5-4-8-18(11-14)12-20-16(19)15-6-3-7-17-10-15;/h3-8,10-11,13H,9,12H2,1-2H3;1H/q+1;/p-1. The Labute approximate surface area is 131 Å². The molecule has 5 heteroatoms. The fraction of sp³-hybridized carbons (Fsp3) is 0.312. The highest BCUT2D eigenvalue weighted by molar-refractivity contribution is 5.88. The summed E-state index contributed by atoms with van der Waals surface area (Å²) < 4.78 is 7.13. The third-order valence-corrected chi connectivity index (χ3v) is 2.81. The largest absolute Gasteiger partial charge is 1.00 e. The molecule has 0 bridgehead atoms. The smallest absolute Gasteiger partial charge is 0.344 e. The lowest BCUT2D eigenvalue weighted by Crippen LogP contribution is -3.00. The normalized spacial score (nSPS) is 10.0. The summed E-state index contributed by atoms with van der Waals surface area (Å²) in [6.45, 7) is 4.57. The SMILES string of the molecule is CC(C)Cc1ccc[n+](COC(=O)c2cccnc2)c1.[Cl-]. The number of halogens is 1. The Hall–Kier alpha value is -1.94. The molecule has 0 saturated carbocycles. The Morgan fingerprint density at radius 2 is 2.14 bits per heavy atom. The van der Waals surface area contributed by atoms with Crippen LogP contribution in [0.2, 0.25) is 0 Å². The summed E-state index contributed by atoms with van der Waals surface area (Å²) in [5.74, 6) is 0.239. The van der Waals surface area contributed by atoms with Crippen LogP contribution in [0.4, 0.5) is 0 Å². The van der Waals surface area contributed by atoms with Gasteiger partial charge in [0, 0.05) is 24.0 Å². The zero-order chi connectivity index (χ0) is 14.4. The number of rotatable bonds is 5. The van der Waals surface area contributed by atoms with Crippen LogP contribution in [-0.4, -0.2) is 11.0 Å². The molecule has 112 valence electrons. The molecule has 21 heavy (non-hydrogen) atoms. The van der Waals surface area contributed by atoms with Gasteiger partial charge in [0.15, 0.2) is 12.4 Å². The first kappa shape index (κ1) is 17.1. The first-order valence-corrected chi connectivity index (χ1v) is 6.70. The average molecular weight is 307 g/mol. The van der Waals surface area contributed by atoms with Crippen molar-refractivity contribution < 1.29 is 26.5 Å². The minimum absolute atomic E-state index is 0. The van der Waals surface area contributed by atoms with E-state index in [9.17, 15) is 4.79 Å². The fourth-order valence-electron chi connectivity index (χ4n) is 1.95. The lowest BCUT2D eigenvalue weighted by atomic mass is 10.1. The minimum Gasteiger partial charge on any atom is -1.00 e. The van der Waals surface area contributed by atoms with Gasteiger partial charge in [0.05, 0.1) is 5.56 Å². The molecular formula is C16H19ClN2O2. The molecule has 0 aliphatic heterocycles. The quantitative estimate of drug-likeness (QED) is 0.547. The van der Waals surface area contributed by atoms with Gasteiger partial charge in [-0.1, -0.05) is 13.8 Å². The van der Waals surface area contributed by atoms with Gasteiger partial charge in [-0.05, 0) is 30.5 Å². The molecule has 0 aliphatic carbocycles. The Morgan fingerprint density at radius 1 is 1.33 bits per heavy atom. The van der Waals surface area contributed by atoms with Gasteiger partial charge in [-0.15, -0.1) is 0 Å². The number of esters is 1. The van der Waals surface area contributed by atoms with Gasteiger partial charge in [-0.25, -0.2) is 4.79 Å². The first-order chi connectivity index (χ1) is 9.65. The summed E-state index contributed by atoms with van der Waals surface area (Å²) in [5, 5.41) is 0. The highest BCUT2D eigenvalue weighted by atomic mass is 35.5. The molecule has 0 atom stereocenters. The molecule has 0 fully saturated rings. The Kier molecular flexibility index (Phi) is 6.82. The van der Waals surface area contributed by atoms with E-state index in [0.29, 0.717) is 11.5 Å². The van der Waals surface area contributed by atoms with Gasteiger partial charge in [0.2, 0.25) is 0 Å².